The predicted octanol–water partition coefficient (Wildman–Crippen LogP) is 5.72. The number of aliphatic imine (C=N–C) groups is 1. The number of carbonyl (C=O) groups is 3. The van der Waals surface area contributed by atoms with E-state index in [0.717, 1.165) is 5.56 Å². The van der Waals surface area contributed by atoms with Gasteiger partial charge in [0.2, 0.25) is 11.8 Å². The minimum atomic E-state index is -0.656. The lowest BCUT2D eigenvalue weighted by Gasteiger charge is -2.32. The lowest BCUT2D eigenvalue weighted by Crippen LogP contribution is -2.46. The highest BCUT2D eigenvalue weighted by Gasteiger charge is 2.35. The molecule has 0 saturated carbocycles. The number of ether oxygens (including phenoxy) is 1. The third-order valence-electron chi connectivity index (χ3n) is 5.59. The normalized spacial score (nSPS) is 16.5. The molecule has 1 heterocycles. The number of hydrogen-bond donors (Lipinski definition) is 1. The fourth-order valence-electron chi connectivity index (χ4n) is 3.73. The van der Waals surface area contributed by atoms with E-state index in [1.807, 2.05) is 30.3 Å². The Hall–Kier alpha value is -3.62. The number of rotatable bonds is 8. The molecule has 3 aromatic carbocycles. The van der Waals surface area contributed by atoms with Crippen molar-refractivity contribution in [3.05, 3.63) is 95.0 Å². The standard InChI is InChI=1S/C28H26ClN3O4S/c1-2-36-27(35)20-11-13-22(14-12-20)31-28-32(16-15-19-7-4-3-5-8-19)25(33)18-24(37-28)26(34)30-23-10-6-9-21(29)17-23/h3-14,17,24H,2,15-16,18H2,1H3,(H,30,34). The average molecular weight is 536 g/mol. The molecular formula is C28H26ClN3O4S. The largest absolute Gasteiger partial charge is 0.462 e. The summed E-state index contributed by atoms with van der Waals surface area (Å²) in [6, 6.07) is 23.4. The molecule has 1 saturated heterocycles. The molecule has 1 atom stereocenters. The molecular weight excluding hydrogens is 510 g/mol. The smallest absolute Gasteiger partial charge is 0.338 e. The van der Waals surface area contributed by atoms with E-state index in [0.29, 0.717) is 40.1 Å². The fraction of sp³-hybridized carbons (Fsp3) is 0.214. The van der Waals surface area contributed by atoms with Gasteiger partial charge in [-0.3, -0.25) is 14.5 Å². The van der Waals surface area contributed by atoms with Crippen molar-refractivity contribution in [3.63, 3.8) is 0 Å². The van der Waals surface area contributed by atoms with E-state index in [1.54, 1.807) is 60.4 Å². The maximum absolute atomic E-state index is 13.2. The van der Waals surface area contributed by atoms with Gasteiger partial charge in [-0.2, -0.15) is 0 Å². The Morgan fingerprint density at radius 2 is 1.84 bits per heavy atom. The molecule has 37 heavy (non-hydrogen) atoms. The first-order valence-corrected chi connectivity index (χ1v) is 13.1. The summed E-state index contributed by atoms with van der Waals surface area (Å²) < 4.78 is 5.04. The number of amidine groups is 1. The molecule has 4 rings (SSSR count). The van der Waals surface area contributed by atoms with Gasteiger partial charge in [0.05, 0.1) is 17.9 Å². The van der Waals surface area contributed by atoms with Crippen molar-refractivity contribution < 1.29 is 19.1 Å². The Labute approximate surface area is 224 Å². The number of hydrogen-bond acceptors (Lipinski definition) is 6. The van der Waals surface area contributed by atoms with Crippen molar-refractivity contribution >= 4 is 57.7 Å². The van der Waals surface area contributed by atoms with Crippen molar-refractivity contribution in [1.82, 2.24) is 4.90 Å². The molecule has 1 N–H and O–H groups in total. The first kappa shape index (κ1) is 26.4. The lowest BCUT2D eigenvalue weighted by molar-refractivity contribution is -0.129. The minimum absolute atomic E-state index is 0.0483. The second-order valence-corrected chi connectivity index (χ2v) is 9.86. The molecule has 0 aliphatic carbocycles. The Bertz CT molecular complexity index is 1300. The van der Waals surface area contributed by atoms with Gasteiger partial charge in [0.25, 0.3) is 0 Å². The number of esters is 1. The van der Waals surface area contributed by atoms with Crippen LogP contribution in [0.1, 0.15) is 29.3 Å². The van der Waals surface area contributed by atoms with Gasteiger partial charge in [-0.15, -0.1) is 0 Å². The third kappa shape index (κ3) is 7.21. The molecule has 190 valence electrons. The summed E-state index contributed by atoms with van der Waals surface area (Å²) in [5.74, 6) is -0.886. The molecule has 0 bridgehead atoms. The quantitative estimate of drug-likeness (QED) is 0.373. The molecule has 7 nitrogen and oxygen atoms in total. The van der Waals surface area contributed by atoms with E-state index in [-0.39, 0.29) is 24.8 Å². The Morgan fingerprint density at radius 1 is 1.08 bits per heavy atom. The van der Waals surface area contributed by atoms with Gasteiger partial charge < -0.3 is 10.1 Å². The molecule has 3 aromatic rings. The van der Waals surface area contributed by atoms with E-state index in [2.05, 4.69) is 5.32 Å². The van der Waals surface area contributed by atoms with Crippen LogP contribution in [0.5, 0.6) is 0 Å². The predicted molar refractivity (Wildman–Crippen MR) is 147 cm³/mol. The molecule has 1 aliphatic rings. The van der Waals surface area contributed by atoms with Crippen LogP contribution in [0.3, 0.4) is 0 Å². The van der Waals surface area contributed by atoms with Gasteiger partial charge >= 0.3 is 5.97 Å². The van der Waals surface area contributed by atoms with Gasteiger partial charge in [-0.1, -0.05) is 59.8 Å². The van der Waals surface area contributed by atoms with Crippen LogP contribution >= 0.6 is 23.4 Å². The molecule has 1 unspecified atom stereocenters. The van der Waals surface area contributed by atoms with Crippen molar-refractivity contribution in [3.8, 4) is 0 Å². The number of thioether (sulfide) groups is 1. The SMILES string of the molecule is CCOC(=O)c1ccc(N=C2SC(C(=O)Nc3cccc(Cl)c3)CC(=O)N2CCc2ccccc2)cc1. The first-order chi connectivity index (χ1) is 17.9. The van der Waals surface area contributed by atoms with Crippen LogP contribution in [0, 0.1) is 0 Å². The van der Waals surface area contributed by atoms with Gasteiger partial charge in [-0.05, 0) is 61.4 Å². The Morgan fingerprint density at radius 3 is 2.54 bits per heavy atom. The highest BCUT2D eigenvalue weighted by atomic mass is 35.5. The van der Waals surface area contributed by atoms with Crippen molar-refractivity contribution in [2.24, 2.45) is 4.99 Å². The summed E-state index contributed by atoms with van der Waals surface area (Å²) in [5.41, 5.74) is 2.63. The number of anilines is 1. The number of benzene rings is 3. The molecule has 0 spiro atoms. The van der Waals surface area contributed by atoms with Crippen molar-refractivity contribution in [2.45, 2.75) is 25.0 Å². The maximum Gasteiger partial charge on any atom is 0.338 e. The van der Waals surface area contributed by atoms with Crippen LogP contribution in [0.4, 0.5) is 11.4 Å². The average Bonchev–Trinajstić information content (AvgIpc) is 2.89. The van der Waals surface area contributed by atoms with Crippen molar-refractivity contribution in [1.29, 1.82) is 0 Å². The third-order valence-corrected chi connectivity index (χ3v) is 7.02. The number of nitrogens with one attached hydrogen (secondary N) is 1. The molecule has 0 radical (unpaired) electrons. The van der Waals surface area contributed by atoms with Gasteiger partial charge in [-0.25, -0.2) is 9.79 Å². The van der Waals surface area contributed by atoms with E-state index in [1.165, 1.54) is 11.8 Å². The van der Waals surface area contributed by atoms with E-state index < -0.39 is 11.2 Å². The zero-order chi connectivity index (χ0) is 26.2. The topological polar surface area (TPSA) is 88.1 Å². The second kappa shape index (κ2) is 12.6. The molecule has 9 heteroatoms. The second-order valence-electron chi connectivity index (χ2n) is 8.25. The van der Waals surface area contributed by atoms with Crippen LogP contribution in [0.2, 0.25) is 5.02 Å². The van der Waals surface area contributed by atoms with Gasteiger partial charge in [0.15, 0.2) is 5.17 Å². The van der Waals surface area contributed by atoms with E-state index >= 15 is 0 Å². The summed E-state index contributed by atoms with van der Waals surface area (Å²) in [7, 11) is 0. The summed E-state index contributed by atoms with van der Waals surface area (Å²) in [6.45, 7) is 2.47. The Kier molecular flexibility index (Phi) is 8.98. The van der Waals surface area contributed by atoms with Gasteiger partial charge in [0.1, 0.15) is 5.25 Å². The Balaban J connectivity index is 1.56. The van der Waals surface area contributed by atoms with Crippen LogP contribution in [0.15, 0.2) is 83.9 Å². The molecule has 2 amide bonds. The number of carbonyl (C=O) groups excluding carboxylic acids is 3. The number of nitrogens with zero attached hydrogens (tertiary/aromatic N) is 2. The summed E-state index contributed by atoms with van der Waals surface area (Å²) in [4.78, 5) is 44.6. The molecule has 1 aliphatic heterocycles. The van der Waals surface area contributed by atoms with Gasteiger partial charge in [0, 0.05) is 23.7 Å². The number of amides is 2. The minimum Gasteiger partial charge on any atom is -0.462 e. The lowest BCUT2D eigenvalue weighted by atomic mass is 10.1. The number of halogens is 1. The maximum atomic E-state index is 13.2. The van der Waals surface area contributed by atoms with E-state index in [9.17, 15) is 14.4 Å². The monoisotopic (exact) mass is 535 g/mol. The fourth-order valence-corrected chi connectivity index (χ4v) is 5.05. The molecule has 0 aromatic heterocycles. The van der Waals surface area contributed by atoms with Crippen LogP contribution in [-0.4, -0.2) is 46.3 Å². The summed E-state index contributed by atoms with van der Waals surface area (Å²) in [5, 5.41) is 3.12. The highest BCUT2D eigenvalue weighted by Crippen LogP contribution is 2.30. The van der Waals surface area contributed by atoms with Crippen molar-refractivity contribution in [2.75, 3.05) is 18.5 Å². The summed E-state index contributed by atoms with van der Waals surface area (Å²) in [6.07, 6.45) is 0.694. The summed E-state index contributed by atoms with van der Waals surface area (Å²) >= 11 is 7.28. The van der Waals surface area contributed by atoms with E-state index in [4.69, 9.17) is 21.3 Å². The zero-order valence-electron chi connectivity index (χ0n) is 20.2. The van der Waals surface area contributed by atoms with Crippen LogP contribution in [0.25, 0.3) is 0 Å². The molecule has 1 fully saturated rings. The first-order valence-electron chi connectivity index (χ1n) is 11.9. The zero-order valence-corrected chi connectivity index (χ0v) is 21.8. The highest BCUT2D eigenvalue weighted by molar-refractivity contribution is 8.15. The van der Waals surface area contributed by atoms with Crippen LogP contribution in [-0.2, 0) is 20.7 Å². The van der Waals surface area contributed by atoms with Crippen LogP contribution < -0.4 is 5.32 Å².